The molecule has 0 spiro atoms. The Hall–Kier alpha value is -2.89. The van der Waals surface area contributed by atoms with Crippen LogP contribution in [0.1, 0.15) is 19.8 Å². The molecule has 11 heteroatoms. The number of sulfonamides is 1. The summed E-state index contributed by atoms with van der Waals surface area (Å²) in [5.41, 5.74) is 0.195. The molecule has 1 unspecified atom stereocenters. The number of pyridine rings is 1. The predicted molar refractivity (Wildman–Crippen MR) is 115 cm³/mol. The Morgan fingerprint density at radius 3 is 2.87 bits per heavy atom. The average Bonchev–Trinajstić information content (AvgIpc) is 3.40. The molecule has 2 aromatic heterocycles. The number of hydrogen-bond acceptors (Lipinski definition) is 7. The van der Waals surface area contributed by atoms with Crippen molar-refractivity contribution < 1.29 is 22.7 Å². The monoisotopic (exact) mass is 448 g/mol. The van der Waals surface area contributed by atoms with Crippen molar-refractivity contribution >= 4 is 38.0 Å². The number of nitrogens with one attached hydrogen (secondary N) is 3. The SMILES string of the molecule is CCCOC(=O)Oc1c[nH]c2c(=O)[nH]c3ccc(S(=O)(=O)N4CCC(NC)C4)cc3c12. The molecule has 3 aromatic rings. The maximum atomic E-state index is 13.2. The van der Waals surface area contributed by atoms with Gasteiger partial charge in [0.1, 0.15) is 5.52 Å². The van der Waals surface area contributed by atoms with Crippen LogP contribution in [0.3, 0.4) is 0 Å². The highest BCUT2D eigenvalue weighted by Gasteiger charge is 2.32. The van der Waals surface area contributed by atoms with Gasteiger partial charge < -0.3 is 24.8 Å². The summed E-state index contributed by atoms with van der Waals surface area (Å²) in [5, 5.41) is 3.87. The molecule has 0 saturated carbocycles. The number of likely N-dealkylation sites (N-methyl/N-ethyl adjacent to an activating group) is 1. The summed E-state index contributed by atoms with van der Waals surface area (Å²) in [6.45, 7) is 2.87. The normalized spacial score (nSPS) is 17.4. The fraction of sp³-hybridized carbons (Fsp3) is 0.400. The molecule has 31 heavy (non-hydrogen) atoms. The lowest BCUT2D eigenvalue weighted by Gasteiger charge is -2.17. The molecule has 1 fully saturated rings. The van der Waals surface area contributed by atoms with E-state index in [1.165, 1.54) is 22.6 Å². The van der Waals surface area contributed by atoms with E-state index in [0.717, 1.165) is 6.42 Å². The van der Waals surface area contributed by atoms with E-state index in [0.29, 0.717) is 35.8 Å². The minimum atomic E-state index is -3.72. The van der Waals surface area contributed by atoms with Crippen molar-refractivity contribution in [3.8, 4) is 5.75 Å². The molecular weight excluding hydrogens is 424 g/mol. The van der Waals surface area contributed by atoms with E-state index in [1.807, 2.05) is 14.0 Å². The molecule has 1 aliphatic heterocycles. The summed E-state index contributed by atoms with van der Waals surface area (Å²) in [6, 6.07) is 4.61. The number of H-pyrrole nitrogens is 2. The second kappa shape index (κ2) is 8.33. The lowest BCUT2D eigenvalue weighted by molar-refractivity contribution is 0.0997. The fourth-order valence-corrected chi connectivity index (χ4v) is 5.28. The number of carbonyl (C=O) groups is 1. The van der Waals surface area contributed by atoms with Gasteiger partial charge in [0.25, 0.3) is 5.56 Å². The van der Waals surface area contributed by atoms with Crippen molar-refractivity contribution in [2.45, 2.75) is 30.7 Å². The lowest BCUT2D eigenvalue weighted by Crippen LogP contribution is -2.33. The summed E-state index contributed by atoms with van der Waals surface area (Å²) in [6.07, 6.45) is 1.86. The van der Waals surface area contributed by atoms with E-state index in [-0.39, 0.29) is 28.8 Å². The van der Waals surface area contributed by atoms with Gasteiger partial charge in [-0.25, -0.2) is 13.2 Å². The van der Waals surface area contributed by atoms with Crippen molar-refractivity contribution in [3.05, 3.63) is 34.7 Å². The van der Waals surface area contributed by atoms with Crippen LogP contribution in [0.4, 0.5) is 4.79 Å². The maximum absolute atomic E-state index is 13.2. The van der Waals surface area contributed by atoms with Gasteiger partial charge >= 0.3 is 6.16 Å². The van der Waals surface area contributed by atoms with Crippen LogP contribution >= 0.6 is 0 Å². The molecule has 1 aliphatic rings. The van der Waals surface area contributed by atoms with Gasteiger partial charge in [-0.15, -0.1) is 0 Å². The maximum Gasteiger partial charge on any atom is 0.513 e. The van der Waals surface area contributed by atoms with Gasteiger partial charge in [0.15, 0.2) is 5.75 Å². The fourth-order valence-electron chi connectivity index (χ4n) is 3.75. The first kappa shape index (κ1) is 21.3. The van der Waals surface area contributed by atoms with Crippen LogP contribution in [0.2, 0.25) is 0 Å². The number of nitrogens with zero attached hydrogens (tertiary/aromatic N) is 1. The molecule has 1 saturated heterocycles. The van der Waals surface area contributed by atoms with E-state index in [1.54, 1.807) is 6.07 Å². The lowest BCUT2D eigenvalue weighted by atomic mass is 10.1. The molecule has 166 valence electrons. The first-order valence-corrected chi connectivity index (χ1v) is 11.5. The van der Waals surface area contributed by atoms with Crippen molar-refractivity contribution in [2.24, 2.45) is 0 Å². The first-order valence-electron chi connectivity index (χ1n) is 10.0. The number of rotatable bonds is 6. The number of ether oxygens (including phenoxy) is 2. The number of benzene rings is 1. The van der Waals surface area contributed by atoms with Crippen LogP contribution in [0.5, 0.6) is 5.75 Å². The van der Waals surface area contributed by atoms with Gasteiger partial charge in [-0.05, 0) is 38.1 Å². The highest BCUT2D eigenvalue weighted by atomic mass is 32.2. The molecule has 4 rings (SSSR count). The van der Waals surface area contributed by atoms with E-state index >= 15 is 0 Å². The second-order valence-electron chi connectivity index (χ2n) is 7.40. The smallest absolute Gasteiger partial charge is 0.434 e. The molecule has 10 nitrogen and oxygen atoms in total. The number of aromatic nitrogens is 2. The number of hydrogen-bond donors (Lipinski definition) is 3. The Bertz CT molecular complexity index is 1300. The standard InChI is InChI=1S/C20H24N4O6S/c1-3-8-29-20(26)30-16-10-22-18-17(16)14-9-13(4-5-15(14)23-19(18)25)31(27,28)24-7-6-12(11-24)21-2/h4-5,9-10,12,21-22H,3,6-8,11H2,1-2H3,(H,23,25). The molecule has 1 atom stereocenters. The minimum absolute atomic E-state index is 0.0955. The van der Waals surface area contributed by atoms with Crippen molar-refractivity contribution in [3.63, 3.8) is 0 Å². The van der Waals surface area contributed by atoms with Gasteiger partial charge in [0.05, 0.1) is 16.9 Å². The number of carbonyl (C=O) groups excluding carboxylic acids is 1. The molecule has 0 radical (unpaired) electrons. The van der Waals surface area contributed by atoms with Crippen molar-refractivity contribution in [1.82, 2.24) is 19.6 Å². The van der Waals surface area contributed by atoms with Crippen LogP contribution in [-0.2, 0) is 14.8 Å². The summed E-state index contributed by atoms with van der Waals surface area (Å²) >= 11 is 0. The van der Waals surface area contributed by atoms with Crippen molar-refractivity contribution in [2.75, 3.05) is 26.7 Å². The first-order chi connectivity index (χ1) is 14.8. The average molecular weight is 449 g/mol. The largest absolute Gasteiger partial charge is 0.513 e. The molecule has 1 aromatic carbocycles. The van der Waals surface area contributed by atoms with Crippen LogP contribution in [0.15, 0.2) is 34.1 Å². The molecule has 3 heterocycles. The summed E-state index contributed by atoms with van der Waals surface area (Å²) < 4.78 is 38.0. The highest BCUT2D eigenvalue weighted by Crippen LogP contribution is 2.32. The van der Waals surface area contributed by atoms with Crippen LogP contribution < -0.4 is 15.6 Å². The van der Waals surface area contributed by atoms with E-state index < -0.39 is 21.7 Å². The Balaban J connectivity index is 1.80. The molecule has 0 amide bonds. The topological polar surface area (TPSA) is 134 Å². The van der Waals surface area contributed by atoms with Crippen molar-refractivity contribution in [1.29, 1.82) is 0 Å². The summed E-state index contributed by atoms with van der Waals surface area (Å²) in [4.78, 5) is 30.0. The summed E-state index contributed by atoms with van der Waals surface area (Å²) in [5.74, 6) is 0.0955. The molecule has 0 aliphatic carbocycles. The van der Waals surface area contributed by atoms with Gasteiger partial charge in [0, 0.05) is 36.2 Å². The van der Waals surface area contributed by atoms with Crippen LogP contribution in [0, 0.1) is 0 Å². The van der Waals surface area contributed by atoms with Gasteiger partial charge in [0.2, 0.25) is 10.0 Å². The van der Waals surface area contributed by atoms with Gasteiger partial charge in [-0.3, -0.25) is 4.79 Å². The van der Waals surface area contributed by atoms with Crippen LogP contribution in [0.25, 0.3) is 21.8 Å². The van der Waals surface area contributed by atoms with Crippen LogP contribution in [-0.4, -0.2) is 61.6 Å². The molecule has 0 bridgehead atoms. The van der Waals surface area contributed by atoms with E-state index in [2.05, 4.69) is 15.3 Å². The predicted octanol–water partition coefficient (Wildman–Crippen LogP) is 1.92. The van der Waals surface area contributed by atoms with E-state index in [9.17, 15) is 18.0 Å². The number of aromatic amines is 2. The third kappa shape index (κ3) is 3.91. The third-order valence-corrected chi connectivity index (χ3v) is 7.26. The Labute approximate surface area is 178 Å². The quantitative estimate of drug-likeness (QED) is 0.491. The Kier molecular flexibility index (Phi) is 5.73. The molecular formula is C20H24N4O6S. The molecule has 3 N–H and O–H groups in total. The summed E-state index contributed by atoms with van der Waals surface area (Å²) in [7, 11) is -1.92. The highest BCUT2D eigenvalue weighted by molar-refractivity contribution is 7.89. The third-order valence-electron chi connectivity index (χ3n) is 5.39. The zero-order chi connectivity index (χ0) is 22.2. The Morgan fingerprint density at radius 1 is 1.35 bits per heavy atom. The van der Waals surface area contributed by atoms with Gasteiger partial charge in [-0.2, -0.15) is 4.31 Å². The zero-order valence-corrected chi connectivity index (χ0v) is 18.0. The van der Waals surface area contributed by atoms with E-state index in [4.69, 9.17) is 9.47 Å². The Morgan fingerprint density at radius 2 is 2.16 bits per heavy atom. The minimum Gasteiger partial charge on any atom is -0.434 e. The number of fused-ring (bicyclic) bond motifs is 3. The zero-order valence-electron chi connectivity index (χ0n) is 17.2. The second-order valence-corrected chi connectivity index (χ2v) is 9.34. The van der Waals surface area contributed by atoms with Gasteiger partial charge in [-0.1, -0.05) is 6.92 Å².